The van der Waals surface area contributed by atoms with E-state index in [9.17, 15) is 14.9 Å². The minimum absolute atomic E-state index is 0.0219. The van der Waals surface area contributed by atoms with Crippen LogP contribution < -0.4 is 5.32 Å². The third-order valence-corrected chi connectivity index (χ3v) is 4.31. The molecule has 1 aromatic carbocycles. The summed E-state index contributed by atoms with van der Waals surface area (Å²) >= 11 is 3.37. The second-order valence-corrected chi connectivity index (χ2v) is 5.14. The van der Waals surface area contributed by atoms with Gasteiger partial charge in [0, 0.05) is 22.5 Å². The van der Waals surface area contributed by atoms with Gasteiger partial charge in [0.05, 0.1) is 10.5 Å². The highest BCUT2D eigenvalue weighted by atomic mass is 79.9. The summed E-state index contributed by atoms with van der Waals surface area (Å²) < 4.78 is 0. The zero-order valence-electron chi connectivity index (χ0n) is 9.90. The highest BCUT2D eigenvalue weighted by Crippen LogP contribution is 2.37. The molecule has 0 atom stereocenters. The summed E-state index contributed by atoms with van der Waals surface area (Å²) in [5.41, 5.74) is 0.599. The molecule has 1 aliphatic carbocycles. The molecule has 0 heterocycles. The number of carbonyl (C=O) groups is 1. The molecule has 96 valence electrons. The van der Waals surface area contributed by atoms with E-state index in [0.29, 0.717) is 16.5 Å². The standard InChI is InChI=1S/C12H13BrN2O3/c1-8-9(3-2-4-10(8)15(17)18)11(16)14-12(7-13)5-6-12/h2-4H,5-7H2,1H3,(H,14,16). The van der Waals surface area contributed by atoms with Crippen LogP contribution >= 0.6 is 15.9 Å². The number of rotatable bonds is 4. The van der Waals surface area contributed by atoms with Crippen molar-refractivity contribution in [3.63, 3.8) is 0 Å². The molecule has 5 nitrogen and oxygen atoms in total. The number of hydrogen-bond acceptors (Lipinski definition) is 3. The number of carbonyl (C=O) groups excluding carboxylic acids is 1. The molecular formula is C12H13BrN2O3. The summed E-state index contributed by atoms with van der Waals surface area (Å²) in [4.78, 5) is 22.4. The number of hydrogen-bond donors (Lipinski definition) is 1. The van der Waals surface area contributed by atoms with Crippen LogP contribution in [0, 0.1) is 17.0 Å². The number of amides is 1. The van der Waals surface area contributed by atoms with Gasteiger partial charge in [-0.3, -0.25) is 14.9 Å². The SMILES string of the molecule is Cc1c(C(=O)NC2(CBr)CC2)cccc1[N+](=O)[O-]. The lowest BCUT2D eigenvalue weighted by molar-refractivity contribution is -0.385. The van der Waals surface area contributed by atoms with E-state index in [0.717, 1.165) is 12.8 Å². The van der Waals surface area contributed by atoms with Crippen molar-refractivity contribution < 1.29 is 9.72 Å². The molecule has 0 spiro atoms. The molecule has 0 bridgehead atoms. The predicted octanol–water partition coefficient (Wildman–Crippen LogP) is 2.56. The summed E-state index contributed by atoms with van der Waals surface area (Å²) in [5.74, 6) is -0.242. The van der Waals surface area contributed by atoms with Gasteiger partial charge in [0.25, 0.3) is 11.6 Å². The first-order valence-electron chi connectivity index (χ1n) is 5.61. The molecule has 1 aromatic rings. The maximum absolute atomic E-state index is 12.1. The fourth-order valence-electron chi connectivity index (χ4n) is 1.82. The molecule has 0 unspecified atom stereocenters. The summed E-state index contributed by atoms with van der Waals surface area (Å²) in [6.07, 6.45) is 1.88. The molecule has 6 heteroatoms. The van der Waals surface area contributed by atoms with Crippen molar-refractivity contribution in [3.8, 4) is 0 Å². The summed E-state index contributed by atoms with van der Waals surface area (Å²) in [7, 11) is 0. The molecule has 0 saturated heterocycles. The van der Waals surface area contributed by atoms with Crippen LogP contribution in [0.15, 0.2) is 18.2 Å². The van der Waals surface area contributed by atoms with E-state index >= 15 is 0 Å². The number of nitrogens with zero attached hydrogens (tertiary/aromatic N) is 1. The molecule has 18 heavy (non-hydrogen) atoms. The quantitative estimate of drug-likeness (QED) is 0.527. The maximum atomic E-state index is 12.1. The Morgan fingerprint density at radius 2 is 2.22 bits per heavy atom. The van der Waals surface area contributed by atoms with E-state index in [1.54, 1.807) is 13.0 Å². The van der Waals surface area contributed by atoms with Gasteiger partial charge in [-0.15, -0.1) is 0 Å². The molecule has 1 aliphatic rings. The van der Waals surface area contributed by atoms with Gasteiger partial charge in [-0.25, -0.2) is 0 Å². The van der Waals surface area contributed by atoms with Crippen LogP contribution in [0.3, 0.4) is 0 Å². The summed E-state index contributed by atoms with van der Waals surface area (Å²) in [6.45, 7) is 1.60. The van der Waals surface area contributed by atoms with Gasteiger partial charge >= 0.3 is 0 Å². The fraction of sp³-hybridized carbons (Fsp3) is 0.417. The Morgan fingerprint density at radius 3 is 2.72 bits per heavy atom. The summed E-state index contributed by atoms with van der Waals surface area (Å²) in [5, 5.41) is 14.5. The Balaban J connectivity index is 2.25. The zero-order valence-corrected chi connectivity index (χ0v) is 11.5. The Hall–Kier alpha value is -1.43. The Kier molecular flexibility index (Phi) is 3.38. The lowest BCUT2D eigenvalue weighted by atomic mass is 10.1. The highest BCUT2D eigenvalue weighted by Gasteiger charge is 2.43. The third kappa shape index (κ3) is 2.38. The van der Waals surface area contributed by atoms with Crippen molar-refractivity contribution in [2.45, 2.75) is 25.3 Å². The third-order valence-electron chi connectivity index (χ3n) is 3.23. The van der Waals surface area contributed by atoms with Gasteiger partial charge < -0.3 is 5.32 Å². The smallest absolute Gasteiger partial charge is 0.273 e. The number of nitro benzene ring substituents is 1. The van der Waals surface area contributed by atoms with E-state index < -0.39 is 4.92 Å². The van der Waals surface area contributed by atoms with E-state index in [1.165, 1.54) is 12.1 Å². The second-order valence-electron chi connectivity index (χ2n) is 4.57. The molecule has 0 aromatic heterocycles. The average molecular weight is 313 g/mol. The molecule has 1 N–H and O–H groups in total. The zero-order chi connectivity index (χ0) is 13.3. The number of benzene rings is 1. The van der Waals surface area contributed by atoms with E-state index in [4.69, 9.17) is 0 Å². The molecule has 1 amide bonds. The molecule has 2 rings (SSSR count). The van der Waals surface area contributed by atoms with Gasteiger partial charge in [0.1, 0.15) is 0 Å². The van der Waals surface area contributed by atoms with Crippen LogP contribution in [0.5, 0.6) is 0 Å². The predicted molar refractivity (Wildman–Crippen MR) is 71.1 cm³/mol. The van der Waals surface area contributed by atoms with E-state index in [2.05, 4.69) is 21.2 Å². The van der Waals surface area contributed by atoms with E-state index in [-0.39, 0.29) is 17.1 Å². The van der Waals surface area contributed by atoms with Crippen molar-refractivity contribution >= 4 is 27.5 Å². The number of nitrogens with one attached hydrogen (secondary N) is 1. The second kappa shape index (κ2) is 4.68. The lowest BCUT2D eigenvalue weighted by Crippen LogP contribution is -2.38. The van der Waals surface area contributed by atoms with Crippen molar-refractivity contribution in [3.05, 3.63) is 39.4 Å². The maximum Gasteiger partial charge on any atom is 0.273 e. The first-order chi connectivity index (χ1) is 8.49. The van der Waals surface area contributed by atoms with Crippen LogP contribution in [-0.4, -0.2) is 21.7 Å². The van der Waals surface area contributed by atoms with Crippen LogP contribution in [0.25, 0.3) is 0 Å². The normalized spacial score (nSPS) is 16.1. The van der Waals surface area contributed by atoms with Crippen molar-refractivity contribution in [1.29, 1.82) is 0 Å². The van der Waals surface area contributed by atoms with Gasteiger partial charge in [0.15, 0.2) is 0 Å². The number of halogens is 1. The van der Waals surface area contributed by atoms with Gasteiger partial charge in [-0.05, 0) is 25.8 Å². The number of nitro groups is 1. The molecule has 1 fully saturated rings. The fourth-order valence-corrected chi connectivity index (χ4v) is 2.52. The first-order valence-corrected chi connectivity index (χ1v) is 6.74. The number of alkyl halides is 1. The Morgan fingerprint density at radius 1 is 1.56 bits per heavy atom. The highest BCUT2D eigenvalue weighted by molar-refractivity contribution is 9.09. The average Bonchev–Trinajstić information content (AvgIpc) is 3.09. The monoisotopic (exact) mass is 312 g/mol. The minimum atomic E-state index is -0.469. The van der Waals surface area contributed by atoms with Gasteiger partial charge in [-0.1, -0.05) is 22.0 Å². The lowest BCUT2D eigenvalue weighted by Gasteiger charge is -2.15. The van der Waals surface area contributed by atoms with Crippen LogP contribution in [0.4, 0.5) is 5.69 Å². The minimum Gasteiger partial charge on any atom is -0.346 e. The summed E-state index contributed by atoms with van der Waals surface area (Å²) in [6, 6.07) is 4.55. The van der Waals surface area contributed by atoms with Crippen LogP contribution in [0.1, 0.15) is 28.8 Å². The van der Waals surface area contributed by atoms with Gasteiger partial charge in [-0.2, -0.15) is 0 Å². The van der Waals surface area contributed by atoms with E-state index in [1.807, 2.05) is 0 Å². The topological polar surface area (TPSA) is 72.2 Å². The van der Waals surface area contributed by atoms with Gasteiger partial charge in [0.2, 0.25) is 0 Å². The van der Waals surface area contributed by atoms with Crippen LogP contribution in [-0.2, 0) is 0 Å². The Bertz CT molecular complexity index is 512. The molecule has 0 radical (unpaired) electrons. The van der Waals surface area contributed by atoms with Crippen molar-refractivity contribution in [2.24, 2.45) is 0 Å². The van der Waals surface area contributed by atoms with Crippen LogP contribution in [0.2, 0.25) is 0 Å². The van der Waals surface area contributed by atoms with Crippen molar-refractivity contribution in [1.82, 2.24) is 5.32 Å². The molecule has 1 saturated carbocycles. The van der Waals surface area contributed by atoms with Crippen molar-refractivity contribution in [2.75, 3.05) is 5.33 Å². The molecule has 0 aliphatic heterocycles. The first kappa shape index (κ1) is 13.0. The Labute approximate surface area is 113 Å². The largest absolute Gasteiger partial charge is 0.346 e. The molecular weight excluding hydrogens is 300 g/mol.